The van der Waals surface area contributed by atoms with Gasteiger partial charge in [-0.25, -0.2) is 9.42 Å². The Morgan fingerprint density at radius 2 is 2.28 bits per heavy atom. The van der Waals surface area contributed by atoms with E-state index in [2.05, 4.69) is 20.3 Å². The standard InChI is InChI=1S/C9H8N4O4S/c10-7-6(12-17-13-7)8(14)11-5(9(15)16)4-2-1-3-18-4/h1-3,5H,(H2,10,13)(H,11,14)(H,15,16). The summed E-state index contributed by atoms with van der Waals surface area (Å²) in [5.74, 6) is -2.13. The largest absolute Gasteiger partial charge is 0.479 e. The Bertz CT molecular complexity index is 565. The van der Waals surface area contributed by atoms with Gasteiger partial charge in [-0.2, -0.15) is 0 Å². The molecule has 0 aromatic carbocycles. The van der Waals surface area contributed by atoms with Crippen molar-refractivity contribution in [2.75, 3.05) is 5.73 Å². The van der Waals surface area contributed by atoms with Crippen molar-refractivity contribution in [3.63, 3.8) is 0 Å². The molecule has 1 amide bonds. The lowest BCUT2D eigenvalue weighted by Crippen LogP contribution is -2.33. The zero-order chi connectivity index (χ0) is 13.1. The lowest BCUT2D eigenvalue weighted by molar-refractivity contribution is -0.139. The van der Waals surface area contributed by atoms with Gasteiger partial charge < -0.3 is 16.2 Å². The third-order valence-electron chi connectivity index (χ3n) is 2.08. The van der Waals surface area contributed by atoms with Gasteiger partial charge in [0.15, 0.2) is 6.04 Å². The molecule has 2 heterocycles. The van der Waals surface area contributed by atoms with Crippen molar-refractivity contribution in [3.05, 3.63) is 28.1 Å². The van der Waals surface area contributed by atoms with Crippen LogP contribution in [0.2, 0.25) is 0 Å². The molecule has 0 radical (unpaired) electrons. The number of aliphatic carboxylic acids is 1. The number of carbonyl (C=O) groups excluding carboxylic acids is 1. The minimum Gasteiger partial charge on any atom is -0.479 e. The van der Waals surface area contributed by atoms with Crippen LogP contribution in [0.1, 0.15) is 21.4 Å². The number of nitrogens with one attached hydrogen (secondary N) is 1. The summed E-state index contributed by atoms with van der Waals surface area (Å²) in [6, 6.07) is 2.14. The molecule has 0 saturated heterocycles. The van der Waals surface area contributed by atoms with Gasteiger partial charge in [-0.15, -0.1) is 11.3 Å². The van der Waals surface area contributed by atoms with Crippen LogP contribution >= 0.6 is 11.3 Å². The number of nitrogens with zero attached hydrogens (tertiary/aromatic N) is 2. The van der Waals surface area contributed by atoms with Crippen molar-refractivity contribution in [1.82, 2.24) is 15.6 Å². The number of nitrogens with two attached hydrogens (primary N) is 1. The summed E-state index contributed by atoms with van der Waals surface area (Å²) in [5, 5.41) is 19.6. The van der Waals surface area contributed by atoms with E-state index >= 15 is 0 Å². The number of carboxylic acids is 1. The molecule has 0 aliphatic heterocycles. The number of rotatable bonds is 4. The van der Waals surface area contributed by atoms with Gasteiger partial charge in [-0.3, -0.25) is 4.79 Å². The molecule has 2 rings (SSSR count). The van der Waals surface area contributed by atoms with Gasteiger partial charge >= 0.3 is 5.97 Å². The first kappa shape index (κ1) is 12.0. The van der Waals surface area contributed by atoms with Crippen LogP contribution in [0.5, 0.6) is 0 Å². The van der Waals surface area contributed by atoms with Gasteiger partial charge in [0.1, 0.15) is 0 Å². The molecule has 9 heteroatoms. The van der Waals surface area contributed by atoms with Gasteiger partial charge in [0.2, 0.25) is 11.5 Å². The van der Waals surface area contributed by atoms with Crippen LogP contribution in [-0.4, -0.2) is 27.3 Å². The lowest BCUT2D eigenvalue weighted by Gasteiger charge is -2.11. The maximum atomic E-state index is 11.7. The number of hydrogen-bond acceptors (Lipinski definition) is 7. The van der Waals surface area contributed by atoms with Crippen LogP contribution < -0.4 is 11.1 Å². The normalized spacial score (nSPS) is 12.0. The number of aromatic nitrogens is 2. The highest BCUT2D eigenvalue weighted by Gasteiger charge is 2.26. The van der Waals surface area contributed by atoms with Gasteiger partial charge in [0.25, 0.3) is 5.91 Å². The summed E-state index contributed by atoms with van der Waals surface area (Å²) in [6.07, 6.45) is 0. The molecule has 0 aliphatic rings. The van der Waals surface area contributed by atoms with E-state index in [4.69, 9.17) is 10.8 Å². The minimum atomic E-state index is -1.18. The fourth-order valence-corrected chi connectivity index (χ4v) is 2.03. The van der Waals surface area contributed by atoms with Crippen LogP contribution in [0.3, 0.4) is 0 Å². The van der Waals surface area contributed by atoms with Gasteiger partial charge in [0, 0.05) is 4.88 Å². The predicted molar refractivity (Wildman–Crippen MR) is 60.9 cm³/mol. The Morgan fingerprint density at radius 3 is 2.78 bits per heavy atom. The molecule has 0 saturated carbocycles. The van der Waals surface area contributed by atoms with Gasteiger partial charge in [-0.05, 0) is 21.8 Å². The molecular weight excluding hydrogens is 260 g/mol. The van der Waals surface area contributed by atoms with E-state index in [0.29, 0.717) is 4.88 Å². The summed E-state index contributed by atoms with van der Waals surface area (Å²) >= 11 is 1.22. The topological polar surface area (TPSA) is 131 Å². The molecule has 0 fully saturated rings. The SMILES string of the molecule is Nc1nonc1C(=O)NC(C(=O)O)c1cccs1. The van der Waals surface area contributed by atoms with Crippen molar-refractivity contribution in [1.29, 1.82) is 0 Å². The number of anilines is 1. The number of amides is 1. The number of thiophene rings is 1. The molecule has 1 atom stereocenters. The fourth-order valence-electron chi connectivity index (χ4n) is 1.26. The summed E-state index contributed by atoms with van der Waals surface area (Å²) < 4.78 is 4.27. The first-order chi connectivity index (χ1) is 8.59. The second kappa shape index (κ2) is 4.84. The van der Waals surface area contributed by atoms with Crippen LogP contribution in [-0.2, 0) is 4.79 Å². The monoisotopic (exact) mass is 268 g/mol. The van der Waals surface area contributed by atoms with Crippen molar-refractivity contribution in [2.24, 2.45) is 0 Å². The minimum absolute atomic E-state index is 0.192. The van der Waals surface area contributed by atoms with Crippen molar-refractivity contribution < 1.29 is 19.3 Å². The Balaban J connectivity index is 2.18. The first-order valence-corrected chi connectivity index (χ1v) is 5.62. The van der Waals surface area contributed by atoms with E-state index in [1.165, 1.54) is 11.3 Å². The smallest absolute Gasteiger partial charge is 0.331 e. The third kappa shape index (κ3) is 2.30. The summed E-state index contributed by atoms with van der Waals surface area (Å²) in [7, 11) is 0. The Morgan fingerprint density at radius 1 is 1.50 bits per heavy atom. The summed E-state index contributed by atoms with van der Waals surface area (Å²) in [4.78, 5) is 23.3. The number of nitrogen functional groups attached to an aromatic ring is 1. The van der Waals surface area contributed by atoms with Crippen molar-refractivity contribution in [3.8, 4) is 0 Å². The summed E-state index contributed by atoms with van der Waals surface area (Å²) in [6.45, 7) is 0. The quantitative estimate of drug-likeness (QED) is 0.725. The van der Waals surface area contributed by atoms with Crippen LogP contribution in [0.25, 0.3) is 0 Å². The average Bonchev–Trinajstić information content (AvgIpc) is 2.95. The molecule has 0 spiro atoms. The molecule has 8 nitrogen and oxygen atoms in total. The molecule has 94 valence electrons. The van der Waals surface area contributed by atoms with E-state index < -0.39 is 17.9 Å². The van der Waals surface area contributed by atoms with E-state index in [1.54, 1.807) is 17.5 Å². The number of hydrogen-bond donors (Lipinski definition) is 3. The maximum Gasteiger partial charge on any atom is 0.331 e. The third-order valence-corrected chi connectivity index (χ3v) is 3.02. The van der Waals surface area contributed by atoms with E-state index in [9.17, 15) is 9.59 Å². The molecule has 0 aliphatic carbocycles. The van der Waals surface area contributed by atoms with Crippen LogP contribution in [0.4, 0.5) is 5.82 Å². The highest BCUT2D eigenvalue weighted by atomic mass is 32.1. The molecule has 1 unspecified atom stereocenters. The van der Waals surface area contributed by atoms with E-state index in [0.717, 1.165) is 0 Å². The van der Waals surface area contributed by atoms with Gasteiger partial charge in [-0.1, -0.05) is 6.07 Å². The Kier molecular flexibility index (Phi) is 3.24. The average molecular weight is 268 g/mol. The highest BCUT2D eigenvalue weighted by molar-refractivity contribution is 7.10. The molecule has 4 N–H and O–H groups in total. The summed E-state index contributed by atoms with van der Waals surface area (Å²) in [5.41, 5.74) is 5.10. The number of carboxylic acid groups (broad SMARTS) is 1. The molecule has 2 aromatic rings. The molecule has 18 heavy (non-hydrogen) atoms. The fraction of sp³-hybridized carbons (Fsp3) is 0.111. The molecule has 2 aromatic heterocycles. The van der Waals surface area contributed by atoms with E-state index in [1.807, 2.05) is 0 Å². The van der Waals surface area contributed by atoms with Gasteiger partial charge in [0.05, 0.1) is 0 Å². The second-order valence-corrected chi connectivity index (χ2v) is 4.24. The maximum absolute atomic E-state index is 11.7. The molecule has 0 bridgehead atoms. The van der Waals surface area contributed by atoms with Crippen molar-refractivity contribution in [2.45, 2.75) is 6.04 Å². The van der Waals surface area contributed by atoms with Crippen LogP contribution in [0.15, 0.2) is 22.1 Å². The predicted octanol–water partition coefficient (Wildman–Crippen LogP) is 0.269. The highest BCUT2D eigenvalue weighted by Crippen LogP contribution is 2.20. The molecular formula is C9H8N4O4S. The van der Waals surface area contributed by atoms with Crippen molar-refractivity contribution >= 4 is 29.0 Å². The first-order valence-electron chi connectivity index (χ1n) is 4.74. The lowest BCUT2D eigenvalue weighted by atomic mass is 10.2. The Labute approximate surface area is 104 Å². The zero-order valence-electron chi connectivity index (χ0n) is 8.86. The van der Waals surface area contributed by atoms with E-state index in [-0.39, 0.29) is 11.5 Å². The number of carbonyl (C=O) groups is 2. The zero-order valence-corrected chi connectivity index (χ0v) is 9.68. The Hall–Kier alpha value is -2.42. The van der Waals surface area contributed by atoms with Crippen LogP contribution in [0, 0.1) is 0 Å². The second-order valence-electron chi connectivity index (χ2n) is 3.26.